The molecule has 32 heavy (non-hydrogen) atoms. The van der Waals surface area contributed by atoms with Gasteiger partial charge in [-0.25, -0.2) is 0 Å². The van der Waals surface area contributed by atoms with Crippen LogP contribution in [0.25, 0.3) is 5.57 Å². The number of fused-ring (bicyclic) bond motifs is 2. The van der Waals surface area contributed by atoms with Crippen molar-refractivity contribution in [3.05, 3.63) is 64.7 Å². The molecule has 1 aliphatic carbocycles. The molecule has 0 saturated heterocycles. The maximum atomic E-state index is 12.8. The number of alkyl halides is 3. The number of aromatic hydroxyl groups is 1. The van der Waals surface area contributed by atoms with Crippen molar-refractivity contribution < 1.29 is 27.8 Å². The van der Waals surface area contributed by atoms with Crippen LogP contribution in [0, 0.1) is 11.3 Å². The number of phenolic OH excluding ortho intramolecular Hbond substituents is 1. The van der Waals surface area contributed by atoms with Gasteiger partial charge in [-0.3, -0.25) is 4.79 Å². The van der Waals surface area contributed by atoms with Crippen molar-refractivity contribution in [1.82, 2.24) is 5.32 Å². The fraction of sp³-hybridized carbons (Fsp3) is 0.333. The molecular formula is C24H21F3N2O3. The number of rotatable bonds is 5. The summed E-state index contributed by atoms with van der Waals surface area (Å²) in [7, 11) is 0. The number of halogens is 3. The smallest absolute Gasteiger partial charge is 0.389 e. The van der Waals surface area contributed by atoms with Gasteiger partial charge in [-0.1, -0.05) is 18.2 Å². The van der Waals surface area contributed by atoms with Gasteiger partial charge in [-0.15, -0.1) is 0 Å². The number of nitrogens with zero attached hydrogens (tertiary/aromatic N) is 1. The van der Waals surface area contributed by atoms with E-state index >= 15 is 0 Å². The first-order chi connectivity index (χ1) is 15.2. The molecule has 2 aliphatic rings. The summed E-state index contributed by atoms with van der Waals surface area (Å²) in [4.78, 5) is 12.8. The summed E-state index contributed by atoms with van der Waals surface area (Å²) in [5.41, 5.74) is 2.59. The Labute approximate surface area is 183 Å². The van der Waals surface area contributed by atoms with E-state index in [1.165, 1.54) is 12.1 Å². The molecule has 1 aliphatic heterocycles. The fourth-order valence-electron chi connectivity index (χ4n) is 4.47. The quantitative estimate of drug-likeness (QED) is 0.655. The van der Waals surface area contributed by atoms with E-state index in [-0.39, 0.29) is 24.4 Å². The predicted molar refractivity (Wildman–Crippen MR) is 111 cm³/mol. The third-order valence-corrected chi connectivity index (χ3v) is 5.97. The van der Waals surface area contributed by atoms with Gasteiger partial charge >= 0.3 is 6.18 Å². The maximum Gasteiger partial charge on any atom is 0.389 e. The highest BCUT2D eigenvalue weighted by Crippen LogP contribution is 2.47. The van der Waals surface area contributed by atoms with E-state index in [2.05, 4.69) is 5.32 Å². The number of nitriles is 1. The second-order valence-corrected chi connectivity index (χ2v) is 8.11. The third-order valence-electron chi connectivity index (χ3n) is 5.97. The number of ether oxygens (including phenoxy) is 1. The molecule has 1 spiro atoms. The van der Waals surface area contributed by atoms with Gasteiger partial charge in [0, 0.05) is 12.8 Å². The molecule has 166 valence electrons. The Morgan fingerprint density at radius 2 is 1.94 bits per heavy atom. The first-order valence-electron chi connectivity index (χ1n) is 10.3. The molecule has 0 aromatic heterocycles. The normalized spacial score (nSPS) is 20.1. The number of carbonyl (C=O) groups excluding carboxylic acids is 1. The summed E-state index contributed by atoms with van der Waals surface area (Å²) >= 11 is 0. The molecule has 2 aromatic rings. The molecule has 0 radical (unpaired) electrons. The maximum absolute atomic E-state index is 12.8. The van der Waals surface area contributed by atoms with E-state index in [1.807, 2.05) is 18.2 Å². The Bertz CT molecular complexity index is 1120. The zero-order valence-electron chi connectivity index (χ0n) is 17.1. The molecular weight excluding hydrogens is 421 g/mol. The molecule has 4 rings (SSSR count). The average molecular weight is 442 g/mol. The van der Waals surface area contributed by atoms with Gasteiger partial charge in [0.15, 0.2) is 0 Å². The van der Waals surface area contributed by atoms with Gasteiger partial charge in [0.1, 0.15) is 23.1 Å². The topological polar surface area (TPSA) is 82.3 Å². The van der Waals surface area contributed by atoms with Crippen LogP contribution in [0.3, 0.4) is 0 Å². The van der Waals surface area contributed by atoms with Crippen molar-refractivity contribution in [2.45, 2.75) is 43.8 Å². The summed E-state index contributed by atoms with van der Waals surface area (Å²) < 4.78 is 42.4. The van der Waals surface area contributed by atoms with Crippen LogP contribution >= 0.6 is 0 Å². The van der Waals surface area contributed by atoms with Crippen molar-refractivity contribution >= 4 is 11.5 Å². The molecule has 1 atom stereocenters. The minimum absolute atomic E-state index is 0.0283. The summed E-state index contributed by atoms with van der Waals surface area (Å²) in [5, 5.41) is 22.2. The Hall–Kier alpha value is -3.47. The van der Waals surface area contributed by atoms with E-state index in [0.29, 0.717) is 36.1 Å². The van der Waals surface area contributed by atoms with Gasteiger partial charge in [-0.2, -0.15) is 18.4 Å². The highest BCUT2D eigenvalue weighted by atomic mass is 19.4. The first-order valence-corrected chi connectivity index (χ1v) is 10.3. The second-order valence-electron chi connectivity index (χ2n) is 8.11. The van der Waals surface area contributed by atoms with Crippen molar-refractivity contribution in [3.63, 3.8) is 0 Å². The minimum atomic E-state index is -4.20. The lowest BCUT2D eigenvalue weighted by molar-refractivity contribution is -0.136. The number of aryl methyl sites for hydroxylation is 1. The van der Waals surface area contributed by atoms with E-state index in [0.717, 1.165) is 11.1 Å². The van der Waals surface area contributed by atoms with Crippen molar-refractivity contribution in [1.29, 1.82) is 5.26 Å². The van der Waals surface area contributed by atoms with Gasteiger partial charge < -0.3 is 15.2 Å². The number of phenols is 1. The van der Waals surface area contributed by atoms with Crippen molar-refractivity contribution in [2.75, 3.05) is 6.61 Å². The Morgan fingerprint density at radius 3 is 2.62 bits per heavy atom. The molecule has 0 bridgehead atoms. The summed E-state index contributed by atoms with van der Waals surface area (Å²) in [5.74, 6) is 0.149. The van der Waals surface area contributed by atoms with Crippen LogP contribution in [0.1, 0.15) is 42.4 Å². The largest absolute Gasteiger partial charge is 0.508 e. The van der Waals surface area contributed by atoms with Crippen LogP contribution < -0.4 is 10.1 Å². The van der Waals surface area contributed by atoms with Crippen LogP contribution in [0.5, 0.6) is 11.5 Å². The van der Waals surface area contributed by atoms with E-state index in [9.17, 15) is 28.3 Å². The van der Waals surface area contributed by atoms with Gasteiger partial charge in [0.25, 0.3) is 5.91 Å². The average Bonchev–Trinajstić information content (AvgIpc) is 3.08. The molecule has 0 saturated carbocycles. The molecule has 0 fully saturated rings. The molecule has 1 amide bonds. The summed E-state index contributed by atoms with van der Waals surface area (Å²) in [6.45, 7) is -0.0283. The van der Waals surface area contributed by atoms with Crippen molar-refractivity contribution in [2.24, 2.45) is 0 Å². The number of nitrogens with one attached hydrogen (secondary N) is 1. The number of carbonyl (C=O) groups is 1. The van der Waals surface area contributed by atoms with E-state index in [4.69, 9.17) is 4.74 Å². The molecule has 2 N–H and O–H groups in total. The second kappa shape index (κ2) is 8.23. The van der Waals surface area contributed by atoms with Crippen LogP contribution in [-0.2, 0) is 16.8 Å². The Balaban J connectivity index is 1.57. The monoisotopic (exact) mass is 442 g/mol. The highest BCUT2D eigenvalue weighted by Gasteiger charge is 2.45. The Morgan fingerprint density at radius 1 is 1.19 bits per heavy atom. The van der Waals surface area contributed by atoms with E-state index < -0.39 is 24.0 Å². The lowest BCUT2D eigenvalue weighted by Crippen LogP contribution is -2.48. The van der Waals surface area contributed by atoms with Crippen LogP contribution in [-0.4, -0.2) is 23.8 Å². The molecule has 2 aromatic carbocycles. The lowest BCUT2D eigenvalue weighted by Gasteiger charge is -2.37. The molecule has 1 heterocycles. The molecule has 5 nitrogen and oxygen atoms in total. The van der Waals surface area contributed by atoms with Crippen molar-refractivity contribution in [3.8, 4) is 17.6 Å². The summed E-state index contributed by atoms with van der Waals surface area (Å²) in [6, 6.07) is 13.8. The van der Waals surface area contributed by atoms with Gasteiger partial charge in [0.2, 0.25) is 0 Å². The number of amides is 1. The predicted octanol–water partition coefficient (Wildman–Crippen LogP) is 4.75. The van der Waals surface area contributed by atoms with E-state index in [1.54, 1.807) is 18.2 Å². The molecule has 1 unspecified atom stereocenters. The standard InChI is InChI=1S/C24H21F3N2O3/c25-24(26,27)9-1-11-32-18-6-7-21-16(12-18)8-10-23(21)13-19(20(14-28)22(31)29-23)15-2-4-17(30)5-3-15/h2-7,12,30H,1,8-11,13H2,(H,29,31). The van der Waals surface area contributed by atoms with Gasteiger partial charge in [-0.05, 0) is 65.8 Å². The zero-order chi connectivity index (χ0) is 22.9. The highest BCUT2D eigenvalue weighted by molar-refractivity contribution is 6.07. The number of hydrogen-bond acceptors (Lipinski definition) is 4. The number of benzene rings is 2. The Kier molecular flexibility index (Phi) is 5.59. The molecule has 8 heteroatoms. The zero-order valence-corrected chi connectivity index (χ0v) is 17.1. The first kappa shape index (κ1) is 21.8. The fourth-order valence-corrected chi connectivity index (χ4v) is 4.47. The van der Waals surface area contributed by atoms with Crippen LogP contribution in [0.15, 0.2) is 48.0 Å². The van der Waals surface area contributed by atoms with Crippen LogP contribution in [0.4, 0.5) is 13.2 Å². The van der Waals surface area contributed by atoms with Gasteiger partial charge in [0.05, 0.1) is 12.1 Å². The van der Waals surface area contributed by atoms with Crippen LogP contribution in [0.2, 0.25) is 0 Å². The SMILES string of the molecule is N#CC1=C(c2ccc(O)cc2)CC2(CCc3cc(OCCCC(F)(F)F)ccc32)NC1=O. The summed E-state index contributed by atoms with van der Waals surface area (Å²) in [6.07, 6.45) is -3.48. The number of hydrogen-bond donors (Lipinski definition) is 2. The minimum Gasteiger partial charge on any atom is -0.508 e. The third kappa shape index (κ3) is 4.28. The lowest BCUT2D eigenvalue weighted by atomic mass is 9.78.